The quantitative estimate of drug-likeness (QED) is 0.785. The van der Waals surface area contributed by atoms with Gasteiger partial charge in [-0.3, -0.25) is 4.79 Å². The first-order valence-corrected chi connectivity index (χ1v) is 7.06. The van der Waals surface area contributed by atoms with Crippen molar-refractivity contribution in [2.75, 3.05) is 11.9 Å². The highest BCUT2D eigenvalue weighted by Crippen LogP contribution is 2.38. The summed E-state index contributed by atoms with van der Waals surface area (Å²) >= 11 is 3.48. The third kappa shape index (κ3) is 2.19. The van der Waals surface area contributed by atoms with E-state index >= 15 is 0 Å². The highest BCUT2D eigenvalue weighted by atomic mass is 79.9. The fraction of sp³-hybridized carbons (Fsp3) is 0.188. The molecule has 0 aromatic heterocycles. The van der Waals surface area contributed by atoms with Gasteiger partial charge in [0, 0.05) is 29.2 Å². The number of nitrogens with zero attached hydrogens (tertiary/aromatic N) is 1. The van der Waals surface area contributed by atoms with Gasteiger partial charge in [0.25, 0.3) is 0 Å². The highest BCUT2D eigenvalue weighted by Gasteiger charge is 2.29. The predicted molar refractivity (Wildman–Crippen MR) is 80.7 cm³/mol. The maximum atomic E-state index is 12.3. The van der Waals surface area contributed by atoms with Crippen molar-refractivity contribution in [3.63, 3.8) is 0 Å². The van der Waals surface area contributed by atoms with Crippen molar-refractivity contribution < 1.29 is 4.79 Å². The van der Waals surface area contributed by atoms with E-state index in [0.717, 1.165) is 15.7 Å². The maximum Gasteiger partial charge on any atom is 0.167 e. The number of hydrogen-bond acceptors (Lipinski definition) is 2. The summed E-state index contributed by atoms with van der Waals surface area (Å²) in [7, 11) is 2.05. The second-order valence-corrected chi connectivity index (χ2v) is 5.74. The topological polar surface area (TPSA) is 20.3 Å². The van der Waals surface area contributed by atoms with Gasteiger partial charge >= 0.3 is 0 Å². The minimum absolute atomic E-state index is 0.121. The predicted octanol–water partition coefficient (Wildman–Crippen LogP) is 4.21. The van der Waals surface area contributed by atoms with Gasteiger partial charge in [0.15, 0.2) is 5.78 Å². The van der Waals surface area contributed by atoms with Gasteiger partial charge in [-0.1, -0.05) is 46.3 Å². The average Bonchev–Trinajstić information content (AvgIpc) is 2.43. The van der Waals surface area contributed by atoms with E-state index < -0.39 is 0 Å². The molecule has 1 aliphatic rings. The normalized spacial score (nSPS) is 18.3. The highest BCUT2D eigenvalue weighted by molar-refractivity contribution is 9.10. The maximum absolute atomic E-state index is 12.3. The van der Waals surface area contributed by atoms with E-state index in [9.17, 15) is 4.79 Å². The van der Waals surface area contributed by atoms with Crippen LogP contribution in [0.5, 0.6) is 0 Å². The SMILES string of the molecule is CN1c2cc(Br)ccc2C(=O)CC1c1ccccc1. The van der Waals surface area contributed by atoms with Crippen LogP contribution in [0.2, 0.25) is 0 Å². The Labute approximate surface area is 121 Å². The number of halogens is 1. The lowest BCUT2D eigenvalue weighted by Gasteiger charge is -2.35. The first kappa shape index (κ1) is 12.4. The Kier molecular flexibility index (Phi) is 3.15. The lowest BCUT2D eigenvalue weighted by molar-refractivity contribution is 0.0967. The van der Waals surface area contributed by atoms with Gasteiger partial charge in [-0.25, -0.2) is 0 Å². The fourth-order valence-electron chi connectivity index (χ4n) is 2.64. The van der Waals surface area contributed by atoms with Crippen LogP contribution >= 0.6 is 15.9 Å². The van der Waals surface area contributed by atoms with E-state index in [1.807, 2.05) is 36.4 Å². The van der Waals surface area contributed by atoms with Crippen molar-refractivity contribution in [3.05, 3.63) is 64.1 Å². The molecule has 1 aliphatic heterocycles. The molecule has 2 nitrogen and oxygen atoms in total. The van der Waals surface area contributed by atoms with Crippen molar-refractivity contribution in [3.8, 4) is 0 Å². The van der Waals surface area contributed by atoms with Crippen LogP contribution < -0.4 is 4.90 Å². The Morgan fingerprint density at radius 3 is 2.63 bits per heavy atom. The number of fused-ring (bicyclic) bond motifs is 1. The zero-order valence-corrected chi connectivity index (χ0v) is 12.2. The molecular weight excluding hydrogens is 302 g/mol. The number of ketones is 1. The summed E-state index contributed by atoms with van der Waals surface area (Å²) in [4.78, 5) is 14.5. The summed E-state index contributed by atoms with van der Waals surface area (Å²) in [5, 5.41) is 0. The Balaban J connectivity index is 2.07. The van der Waals surface area contributed by atoms with E-state index in [2.05, 4.69) is 40.0 Å². The van der Waals surface area contributed by atoms with E-state index in [1.165, 1.54) is 5.56 Å². The molecule has 96 valence electrons. The summed E-state index contributed by atoms with van der Waals surface area (Å²) in [6.07, 6.45) is 0.537. The molecule has 0 spiro atoms. The average molecular weight is 316 g/mol. The number of Topliss-reactive ketones (excluding diaryl/α,β-unsaturated/α-hetero) is 1. The number of carbonyl (C=O) groups excluding carboxylic acids is 1. The van der Waals surface area contributed by atoms with Crippen LogP contribution in [0.4, 0.5) is 5.69 Å². The van der Waals surface area contributed by atoms with Gasteiger partial charge in [-0.05, 0) is 23.8 Å². The summed E-state index contributed by atoms with van der Waals surface area (Å²) in [6, 6.07) is 16.2. The molecule has 0 saturated heterocycles. The van der Waals surface area contributed by atoms with Crippen LogP contribution in [0.1, 0.15) is 28.4 Å². The van der Waals surface area contributed by atoms with Crippen molar-refractivity contribution in [2.45, 2.75) is 12.5 Å². The zero-order valence-electron chi connectivity index (χ0n) is 10.6. The van der Waals surface area contributed by atoms with E-state index in [1.54, 1.807) is 0 Å². The molecule has 19 heavy (non-hydrogen) atoms. The minimum Gasteiger partial charge on any atom is -0.366 e. The van der Waals surface area contributed by atoms with Crippen molar-refractivity contribution in [1.82, 2.24) is 0 Å². The minimum atomic E-state index is 0.121. The monoisotopic (exact) mass is 315 g/mol. The van der Waals surface area contributed by atoms with Gasteiger partial charge in [0.05, 0.1) is 6.04 Å². The van der Waals surface area contributed by atoms with Gasteiger partial charge < -0.3 is 4.90 Å². The summed E-state index contributed by atoms with van der Waals surface area (Å²) in [6.45, 7) is 0. The molecule has 1 heterocycles. The molecule has 3 rings (SSSR count). The summed E-state index contributed by atoms with van der Waals surface area (Å²) in [5.74, 6) is 0.217. The molecule has 1 atom stereocenters. The van der Waals surface area contributed by atoms with Gasteiger partial charge in [-0.15, -0.1) is 0 Å². The van der Waals surface area contributed by atoms with E-state index in [-0.39, 0.29) is 11.8 Å². The smallest absolute Gasteiger partial charge is 0.167 e. The third-order valence-corrected chi connectivity index (χ3v) is 4.16. The number of anilines is 1. The van der Waals surface area contributed by atoms with Gasteiger partial charge in [-0.2, -0.15) is 0 Å². The standard InChI is InChI=1S/C16H14BrNO/c1-18-14(11-5-3-2-4-6-11)10-16(19)13-8-7-12(17)9-15(13)18/h2-9,14H,10H2,1H3. The van der Waals surface area contributed by atoms with Crippen LogP contribution in [0.3, 0.4) is 0 Å². The largest absolute Gasteiger partial charge is 0.366 e. The van der Waals surface area contributed by atoms with Crippen LogP contribution in [0.15, 0.2) is 53.0 Å². The van der Waals surface area contributed by atoms with Crippen LogP contribution in [0, 0.1) is 0 Å². The second-order valence-electron chi connectivity index (χ2n) is 4.83. The van der Waals surface area contributed by atoms with E-state index in [4.69, 9.17) is 0 Å². The molecule has 0 amide bonds. The van der Waals surface area contributed by atoms with Crippen LogP contribution in [0.25, 0.3) is 0 Å². The number of benzene rings is 2. The Hall–Kier alpha value is -1.61. The first-order chi connectivity index (χ1) is 9.16. The molecule has 1 unspecified atom stereocenters. The van der Waals surface area contributed by atoms with Crippen LogP contribution in [-0.4, -0.2) is 12.8 Å². The molecule has 2 aromatic carbocycles. The van der Waals surface area contributed by atoms with Gasteiger partial charge in [0.2, 0.25) is 0 Å². The number of rotatable bonds is 1. The molecule has 0 radical (unpaired) electrons. The molecule has 0 bridgehead atoms. The summed E-state index contributed by atoms with van der Waals surface area (Å²) < 4.78 is 1.000. The third-order valence-electron chi connectivity index (χ3n) is 3.67. The zero-order chi connectivity index (χ0) is 13.4. The van der Waals surface area contributed by atoms with Crippen molar-refractivity contribution >= 4 is 27.4 Å². The fourth-order valence-corrected chi connectivity index (χ4v) is 2.99. The van der Waals surface area contributed by atoms with E-state index in [0.29, 0.717) is 6.42 Å². The second kappa shape index (κ2) is 4.82. The van der Waals surface area contributed by atoms with Gasteiger partial charge in [0.1, 0.15) is 0 Å². The first-order valence-electron chi connectivity index (χ1n) is 6.27. The molecule has 3 heteroatoms. The van der Waals surface area contributed by atoms with Crippen molar-refractivity contribution in [1.29, 1.82) is 0 Å². The Morgan fingerprint density at radius 1 is 1.16 bits per heavy atom. The molecule has 2 aromatic rings. The lowest BCUT2D eigenvalue weighted by atomic mass is 9.91. The Bertz CT molecular complexity index is 624. The lowest BCUT2D eigenvalue weighted by Crippen LogP contribution is -2.32. The number of carbonyl (C=O) groups is 1. The molecule has 0 fully saturated rings. The van der Waals surface area contributed by atoms with Crippen molar-refractivity contribution in [2.24, 2.45) is 0 Å². The Morgan fingerprint density at radius 2 is 1.89 bits per heavy atom. The molecule has 0 aliphatic carbocycles. The van der Waals surface area contributed by atoms with Crippen LogP contribution in [-0.2, 0) is 0 Å². The summed E-state index contributed by atoms with van der Waals surface area (Å²) in [5.41, 5.74) is 3.00. The molecule has 0 saturated carbocycles. The molecule has 0 N–H and O–H groups in total. The number of hydrogen-bond donors (Lipinski definition) is 0. The molecular formula is C16H14BrNO.